The van der Waals surface area contributed by atoms with E-state index in [4.69, 9.17) is 4.74 Å². The minimum atomic E-state index is -1.04. The van der Waals surface area contributed by atoms with Crippen LogP contribution in [0.4, 0.5) is 15.3 Å². The van der Waals surface area contributed by atoms with Crippen LogP contribution in [0.15, 0.2) is 66.7 Å². The molecule has 4 rings (SSSR count). The second-order valence-corrected chi connectivity index (χ2v) is 8.24. The highest BCUT2D eigenvalue weighted by Crippen LogP contribution is 2.27. The standard InChI is InChI=1S/C25H28N4O5/c30-23-22-16-28(25(32)33)13-14-29(22)20-10-6-9-19(15-20)21(11-4-5-12-26-23)27-24(31)34-17-18-7-2-1-3-8-18/h1-10,15,21-22H,11-14,16-17H2,(H,26,30)(H,27,31)(H,32,33)/t21-,22+/m0/s1. The van der Waals surface area contributed by atoms with Crippen molar-refractivity contribution in [1.29, 1.82) is 0 Å². The highest BCUT2D eigenvalue weighted by atomic mass is 16.5. The molecule has 2 bridgehead atoms. The van der Waals surface area contributed by atoms with Gasteiger partial charge in [-0.15, -0.1) is 0 Å². The summed E-state index contributed by atoms with van der Waals surface area (Å²) in [5.74, 6) is -0.222. The van der Waals surface area contributed by atoms with Crippen LogP contribution in [0.3, 0.4) is 0 Å². The van der Waals surface area contributed by atoms with Gasteiger partial charge in [0.2, 0.25) is 5.91 Å². The molecule has 0 radical (unpaired) electrons. The van der Waals surface area contributed by atoms with Crippen LogP contribution in [0, 0.1) is 0 Å². The predicted molar refractivity (Wildman–Crippen MR) is 126 cm³/mol. The molecule has 2 aliphatic rings. The molecule has 0 aromatic heterocycles. The Labute approximate surface area is 198 Å². The van der Waals surface area contributed by atoms with Crippen molar-refractivity contribution in [2.75, 3.05) is 31.1 Å². The lowest BCUT2D eigenvalue weighted by Gasteiger charge is -2.41. The van der Waals surface area contributed by atoms with Crippen molar-refractivity contribution in [3.8, 4) is 0 Å². The topological polar surface area (TPSA) is 111 Å². The van der Waals surface area contributed by atoms with Crippen molar-refractivity contribution in [3.05, 3.63) is 77.9 Å². The van der Waals surface area contributed by atoms with Gasteiger partial charge in [-0.2, -0.15) is 0 Å². The lowest BCUT2D eigenvalue weighted by atomic mass is 10.0. The fourth-order valence-corrected chi connectivity index (χ4v) is 4.19. The van der Waals surface area contributed by atoms with Crippen molar-refractivity contribution in [1.82, 2.24) is 15.5 Å². The first kappa shape index (κ1) is 23.2. The van der Waals surface area contributed by atoms with E-state index in [1.807, 2.05) is 71.6 Å². The van der Waals surface area contributed by atoms with Crippen LogP contribution in [-0.2, 0) is 16.1 Å². The number of hydrogen-bond acceptors (Lipinski definition) is 5. The van der Waals surface area contributed by atoms with Crippen molar-refractivity contribution in [2.45, 2.75) is 25.1 Å². The van der Waals surface area contributed by atoms with Crippen LogP contribution < -0.4 is 15.5 Å². The number of nitrogens with one attached hydrogen (secondary N) is 2. The third kappa shape index (κ3) is 5.67. The number of amides is 3. The fourth-order valence-electron chi connectivity index (χ4n) is 4.19. The molecule has 34 heavy (non-hydrogen) atoms. The summed E-state index contributed by atoms with van der Waals surface area (Å²) in [6.45, 7) is 1.27. The van der Waals surface area contributed by atoms with E-state index in [1.54, 1.807) is 0 Å². The van der Waals surface area contributed by atoms with Crippen LogP contribution in [0.5, 0.6) is 0 Å². The Bertz CT molecular complexity index is 1060. The zero-order valence-electron chi connectivity index (χ0n) is 18.7. The van der Waals surface area contributed by atoms with Gasteiger partial charge >= 0.3 is 12.2 Å². The normalized spacial score (nSPS) is 20.3. The molecule has 0 aliphatic carbocycles. The average Bonchev–Trinajstić information content (AvgIpc) is 2.86. The van der Waals surface area contributed by atoms with Crippen molar-refractivity contribution >= 4 is 23.8 Å². The molecular weight excluding hydrogens is 436 g/mol. The Hall–Kier alpha value is -4.01. The lowest BCUT2D eigenvalue weighted by molar-refractivity contribution is -0.122. The molecule has 2 aromatic rings. The van der Waals surface area contributed by atoms with Gasteiger partial charge in [0.1, 0.15) is 12.6 Å². The maximum absolute atomic E-state index is 12.8. The number of fused-ring (bicyclic) bond motifs is 4. The van der Waals surface area contributed by atoms with Crippen LogP contribution >= 0.6 is 0 Å². The van der Waals surface area contributed by atoms with Crippen LogP contribution in [0.2, 0.25) is 0 Å². The lowest BCUT2D eigenvalue weighted by Crippen LogP contribution is -2.60. The fraction of sp³-hybridized carbons (Fsp3) is 0.320. The van der Waals surface area contributed by atoms with Gasteiger partial charge in [0.15, 0.2) is 0 Å². The van der Waals surface area contributed by atoms with Gasteiger partial charge in [-0.25, -0.2) is 9.59 Å². The predicted octanol–water partition coefficient (Wildman–Crippen LogP) is 2.90. The Morgan fingerprint density at radius 3 is 2.71 bits per heavy atom. The first-order valence-electron chi connectivity index (χ1n) is 11.3. The van der Waals surface area contributed by atoms with E-state index < -0.39 is 18.2 Å². The summed E-state index contributed by atoms with van der Waals surface area (Å²) in [6, 6.07) is 16.1. The molecule has 1 fully saturated rings. The molecule has 2 atom stereocenters. The van der Waals surface area contributed by atoms with E-state index in [-0.39, 0.29) is 25.1 Å². The van der Waals surface area contributed by atoms with Gasteiger partial charge in [0.05, 0.1) is 12.6 Å². The van der Waals surface area contributed by atoms with E-state index in [0.29, 0.717) is 26.1 Å². The zero-order valence-corrected chi connectivity index (χ0v) is 18.7. The molecule has 9 heteroatoms. The average molecular weight is 465 g/mol. The first-order chi connectivity index (χ1) is 16.5. The van der Waals surface area contributed by atoms with E-state index >= 15 is 0 Å². The maximum Gasteiger partial charge on any atom is 0.407 e. The first-order valence-corrected chi connectivity index (χ1v) is 11.3. The SMILES string of the molecule is O=C(N[C@H]1CC=CCNC(=O)[C@H]2CN(C(=O)O)CCN2c2cccc1c2)OCc1ccccc1. The van der Waals surface area contributed by atoms with E-state index in [0.717, 1.165) is 16.8 Å². The number of anilines is 1. The zero-order chi connectivity index (χ0) is 23.9. The van der Waals surface area contributed by atoms with E-state index in [1.165, 1.54) is 4.90 Å². The van der Waals surface area contributed by atoms with E-state index in [9.17, 15) is 19.5 Å². The maximum atomic E-state index is 12.8. The second-order valence-electron chi connectivity index (χ2n) is 8.24. The molecule has 3 amide bonds. The van der Waals surface area contributed by atoms with Crippen molar-refractivity contribution in [2.24, 2.45) is 0 Å². The summed E-state index contributed by atoms with van der Waals surface area (Å²) in [5, 5.41) is 15.2. The Morgan fingerprint density at radius 1 is 1.09 bits per heavy atom. The van der Waals surface area contributed by atoms with Gasteiger partial charge < -0.3 is 30.3 Å². The summed E-state index contributed by atoms with van der Waals surface area (Å²) in [7, 11) is 0. The minimum absolute atomic E-state index is 0.0859. The summed E-state index contributed by atoms with van der Waals surface area (Å²) in [4.78, 5) is 40.1. The number of hydrogen-bond donors (Lipinski definition) is 3. The molecular formula is C25H28N4O5. The summed E-state index contributed by atoms with van der Waals surface area (Å²) < 4.78 is 5.41. The molecule has 2 aliphatic heterocycles. The molecule has 2 aromatic carbocycles. The number of rotatable bonds is 3. The van der Waals surface area contributed by atoms with E-state index in [2.05, 4.69) is 10.6 Å². The molecule has 1 saturated heterocycles. The van der Waals surface area contributed by atoms with Crippen LogP contribution in [0.1, 0.15) is 23.6 Å². The number of benzene rings is 2. The Balaban J connectivity index is 1.53. The van der Waals surface area contributed by atoms with Crippen LogP contribution in [0.25, 0.3) is 0 Å². The monoisotopic (exact) mass is 464 g/mol. The van der Waals surface area contributed by atoms with Crippen molar-refractivity contribution in [3.63, 3.8) is 0 Å². The van der Waals surface area contributed by atoms with Gasteiger partial charge in [0, 0.05) is 25.3 Å². The summed E-state index contributed by atoms with van der Waals surface area (Å²) in [6.07, 6.45) is 2.70. The van der Waals surface area contributed by atoms with Crippen LogP contribution in [-0.4, -0.2) is 60.3 Å². The third-order valence-corrected chi connectivity index (χ3v) is 6.00. The number of ether oxygens (including phenoxy) is 1. The van der Waals surface area contributed by atoms with Gasteiger partial charge in [-0.1, -0.05) is 54.6 Å². The Kier molecular flexibility index (Phi) is 7.31. The summed E-state index contributed by atoms with van der Waals surface area (Å²) >= 11 is 0. The highest BCUT2D eigenvalue weighted by molar-refractivity contribution is 5.86. The number of alkyl carbamates (subject to hydrolysis) is 1. The summed E-state index contributed by atoms with van der Waals surface area (Å²) in [5.41, 5.74) is 2.58. The largest absolute Gasteiger partial charge is 0.465 e. The second kappa shape index (κ2) is 10.7. The number of carboxylic acid groups (broad SMARTS) is 1. The van der Waals surface area contributed by atoms with Crippen molar-refractivity contribution < 1.29 is 24.2 Å². The molecule has 9 nitrogen and oxygen atoms in total. The number of nitrogens with zero attached hydrogens (tertiary/aromatic N) is 2. The molecule has 0 unspecified atom stereocenters. The van der Waals surface area contributed by atoms with Gasteiger partial charge in [-0.3, -0.25) is 4.79 Å². The van der Waals surface area contributed by atoms with Gasteiger partial charge in [-0.05, 0) is 29.7 Å². The molecule has 2 heterocycles. The quantitative estimate of drug-likeness (QED) is 0.603. The minimum Gasteiger partial charge on any atom is -0.465 e. The molecule has 0 saturated carbocycles. The number of carbonyl (C=O) groups excluding carboxylic acids is 2. The van der Waals surface area contributed by atoms with Gasteiger partial charge in [0.25, 0.3) is 0 Å². The number of carbonyl (C=O) groups is 3. The molecule has 3 N–H and O–H groups in total. The number of piperazine rings is 1. The highest BCUT2D eigenvalue weighted by Gasteiger charge is 2.34. The smallest absolute Gasteiger partial charge is 0.407 e. The molecule has 178 valence electrons. The molecule has 0 spiro atoms. The Morgan fingerprint density at radius 2 is 1.91 bits per heavy atom. The third-order valence-electron chi connectivity index (χ3n) is 6.00.